The molecule has 1 fully saturated rings. The van der Waals surface area contributed by atoms with E-state index in [1.807, 2.05) is 18.2 Å². The lowest BCUT2D eigenvalue weighted by molar-refractivity contribution is 0.0552. The van der Waals surface area contributed by atoms with Crippen molar-refractivity contribution in [2.75, 3.05) is 0 Å². The molecule has 1 heterocycles. The monoisotopic (exact) mass is 270 g/mol. The first-order valence-corrected chi connectivity index (χ1v) is 7.52. The first kappa shape index (κ1) is 13.5. The Kier molecular flexibility index (Phi) is 3.70. The summed E-state index contributed by atoms with van der Waals surface area (Å²) >= 11 is 0. The third-order valence-electron chi connectivity index (χ3n) is 4.50. The van der Waals surface area contributed by atoms with Crippen LogP contribution in [0.3, 0.4) is 0 Å². The molecule has 3 unspecified atom stereocenters. The van der Waals surface area contributed by atoms with Crippen molar-refractivity contribution in [1.29, 1.82) is 0 Å². The molecule has 3 heteroatoms. The van der Waals surface area contributed by atoms with Crippen molar-refractivity contribution in [3.05, 3.63) is 36.2 Å². The van der Waals surface area contributed by atoms with Crippen molar-refractivity contribution < 1.29 is 5.11 Å². The van der Waals surface area contributed by atoms with Gasteiger partial charge in [-0.15, -0.1) is 0 Å². The molecule has 1 saturated carbocycles. The summed E-state index contributed by atoms with van der Waals surface area (Å²) in [6.45, 7) is 4.59. The number of hydrogen-bond donors (Lipinski definition) is 1. The van der Waals surface area contributed by atoms with Crippen LogP contribution in [0, 0.1) is 17.8 Å². The minimum Gasteiger partial charge on any atom is -0.388 e. The second kappa shape index (κ2) is 5.49. The molecule has 3 nitrogen and oxygen atoms in total. The normalized spacial score (nSPS) is 28.4. The average molecular weight is 270 g/mol. The fourth-order valence-corrected chi connectivity index (χ4v) is 3.70. The van der Waals surface area contributed by atoms with Crippen LogP contribution >= 0.6 is 0 Å². The van der Waals surface area contributed by atoms with Crippen molar-refractivity contribution in [1.82, 2.24) is 9.97 Å². The molecule has 1 aliphatic carbocycles. The summed E-state index contributed by atoms with van der Waals surface area (Å²) in [7, 11) is 0. The fraction of sp³-hybridized carbons (Fsp3) is 0.529. The Balaban J connectivity index is 1.86. The molecule has 1 aromatic carbocycles. The van der Waals surface area contributed by atoms with E-state index in [0.29, 0.717) is 17.8 Å². The topological polar surface area (TPSA) is 46.0 Å². The van der Waals surface area contributed by atoms with Crippen LogP contribution in [0.1, 0.15) is 44.8 Å². The van der Waals surface area contributed by atoms with Crippen LogP contribution in [-0.4, -0.2) is 15.1 Å². The smallest absolute Gasteiger partial charge is 0.0890 e. The van der Waals surface area contributed by atoms with Crippen molar-refractivity contribution in [3.8, 4) is 0 Å². The van der Waals surface area contributed by atoms with Crippen LogP contribution in [0.4, 0.5) is 0 Å². The van der Waals surface area contributed by atoms with Crippen LogP contribution in [0.2, 0.25) is 0 Å². The third kappa shape index (κ3) is 2.68. The SMILES string of the molecule is CC1CC(C)CC(C(O)c2ccc3nccnc3c2)C1. The largest absolute Gasteiger partial charge is 0.388 e. The van der Waals surface area contributed by atoms with E-state index in [9.17, 15) is 5.11 Å². The molecular formula is C17H22N2O. The zero-order valence-corrected chi connectivity index (χ0v) is 12.2. The Hall–Kier alpha value is -1.48. The van der Waals surface area contributed by atoms with E-state index in [1.54, 1.807) is 12.4 Å². The Morgan fingerprint density at radius 2 is 1.65 bits per heavy atom. The standard InChI is InChI=1S/C17H22N2O/c1-11-7-12(2)9-14(8-11)17(20)13-3-4-15-16(10-13)19-6-5-18-15/h3-6,10-12,14,17,20H,7-9H2,1-2H3. The number of hydrogen-bond acceptors (Lipinski definition) is 3. The van der Waals surface area contributed by atoms with E-state index in [0.717, 1.165) is 29.4 Å². The summed E-state index contributed by atoms with van der Waals surface area (Å²) in [5, 5.41) is 10.7. The van der Waals surface area contributed by atoms with Crippen molar-refractivity contribution in [2.24, 2.45) is 17.8 Å². The maximum absolute atomic E-state index is 10.7. The van der Waals surface area contributed by atoms with Gasteiger partial charge in [0.25, 0.3) is 0 Å². The van der Waals surface area contributed by atoms with E-state index >= 15 is 0 Å². The molecule has 1 aromatic heterocycles. The zero-order valence-electron chi connectivity index (χ0n) is 12.2. The highest BCUT2D eigenvalue weighted by Crippen LogP contribution is 2.39. The number of aromatic nitrogens is 2. The van der Waals surface area contributed by atoms with Crippen LogP contribution in [0.15, 0.2) is 30.6 Å². The molecule has 0 saturated heterocycles. The Morgan fingerprint density at radius 1 is 1.00 bits per heavy atom. The van der Waals surface area contributed by atoms with Gasteiger partial charge in [0.15, 0.2) is 0 Å². The van der Waals surface area contributed by atoms with E-state index in [4.69, 9.17) is 0 Å². The second-order valence-electron chi connectivity index (χ2n) is 6.43. The average Bonchev–Trinajstić information content (AvgIpc) is 2.45. The van der Waals surface area contributed by atoms with Gasteiger partial charge < -0.3 is 5.11 Å². The zero-order chi connectivity index (χ0) is 14.1. The predicted octanol–water partition coefficient (Wildman–Crippen LogP) is 3.74. The number of nitrogens with zero attached hydrogens (tertiary/aromatic N) is 2. The van der Waals surface area contributed by atoms with E-state index < -0.39 is 0 Å². The van der Waals surface area contributed by atoms with Gasteiger partial charge in [-0.25, -0.2) is 0 Å². The van der Waals surface area contributed by atoms with E-state index in [-0.39, 0.29) is 6.10 Å². The summed E-state index contributed by atoms with van der Waals surface area (Å²) < 4.78 is 0. The Labute approximate surface area is 120 Å². The lowest BCUT2D eigenvalue weighted by Crippen LogP contribution is -2.24. The van der Waals surface area contributed by atoms with Gasteiger partial charge in [-0.05, 0) is 54.7 Å². The molecule has 20 heavy (non-hydrogen) atoms. The first-order chi connectivity index (χ1) is 9.63. The Morgan fingerprint density at radius 3 is 2.35 bits per heavy atom. The fourth-order valence-electron chi connectivity index (χ4n) is 3.70. The number of aliphatic hydroxyl groups excluding tert-OH is 1. The molecule has 0 bridgehead atoms. The summed E-state index contributed by atoms with van der Waals surface area (Å²) in [4.78, 5) is 8.60. The molecule has 3 rings (SSSR count). The van der Waals surface area contributed by atoms with Crippen LogP contribution < -0.4 is 0 Å². The minimum absolute atomic E-state index is 0.364. The van der Waals surface area contributed by atoms with Gasteiger partial charge in [0.1, 0.15) is 0 Å². The summed E-state index contributed by atoms with van der Waals surface area (Å²) in [6, 6.07) is 5.93. The molecule has 0 spiro atoms. The lowest BCUT2D eigenvalue weighted by Gasteiger charge is -2.34. The van der Waals surface area contributed by atoms with Crippen LogP contribution in [0.5, 0.6) is 0 Å². The predicted molar refractivity (Wildman–Crippen MR) is 80.2 cm³/mol. The maximum Gasteiger partial charge on any atom is 0.0890 e. The highest BCUT2D eigenvalue weighted by molar-refractivity contribution is 5.74. The molecule has 106 valence electrons. The van der Waals surface area contributed by atoms with Gasteiger partial charge in [-0.3, -0.25) is 9.97 Å². The highest BCUT2D eigenvalue weighted by atomic mass is 16.3. The van der Waals surface area contributed by atoms with E-state index in [1.165, 1.54) is 6.42 Å². The summed E-state index contributed by atoms with van der Waals surface area (Å²) in [5.41, 5.74) is 2.72. The molecule has 3 atom stereocenters. The number of benzene rings is 1. The van der Waals surface area contributed by atoms with Crippen LogP contribution in [0.25, 0.3) is 11.0 Å². The van der Waals surface area contributed by atoms with Gasteiger partial charge in [-0.2, -0.15) is 0 Å². The molecule has 0 aliphatic heterocycles. The first-order valence-electron chi connectivity index (χ1n) is 7.52. The summed E-state index contributed by atoms with van der Waals surface area (Å²) in [5.74, 6) is 1.78. The number of fused-ring (bicyclic) bond motifs is 1. The van der Waals surface area contributed by atoms with Crippen molar-refractivity contribution in [3.63, 3.8) is 0 Å². The minimum atomic E-state index is -0.383. The Bertz CT molecular complexity index is 588. The number of rotatable bonds is 2. The van der Waals surface area contributed by atoms with Gasteiger partial charge in [0.05, 0.1) is 17.1 Å². The van der Waals surface area contributed by atoms with Crippen molar-refractivity contribution >= 4 is 11.0 Å². The quantitative estimate of drug-likeness (QED) is 0.904. The van der Waals surface area contributed by atoms with Gasteiger partial charge >= 0.3 is 0 Å². The van der Waals surface area contributed by atoms with Gasteiger partial charge in [-0.1, -0.05) is 19.9 Å². The molecule has 1 N–H and O–H groups in total. The molecule has 0 amide bonds. The lowest BCUT2D eigenvalue weighted by atomic mass is 9.73. The molecule has 2 aromatic rings. The number of aliphatic hydroxyl groups is 1. The third-order valence-corrected chi connectivity index (χ3v) is 4.50. The second-order valence-corrected chi connectivity index (χ2v) is 6.43. The molecular weight excluding hydrogens is 248 g/mol. The van der Waals surface area contributed by atoms with Crippen molar-refractivity contribution in [2.45, 2.75) is 39.2 Å². The summed E-state index contributed by atoms with van der Waals surface area (Å²) in [6.07, 6.45) is 6.53. The van der Waals surface area contributed by atoms with Gasteiger partial charge in [0.2, 0.25) is 0 Å². The van der Waals surface area contributed by atoms with E-state index in [2.05, 4.69) is 23.8 Å². The molecule has 1 aliphatic rings. The highest BCUT2D eigenvalue weighted by Gasteiger charge is 2.29. The molecule has 0 radical (unpaired) electrons. The maximum atomic E-state index is 10.7. The van der Waals surface area contributed by atoms with Crippen LogP contribution in [-0.2, 0) is 0 Å². The van der Waals surface area contributed by atoms with Gasteiger partial charge in [0, 0.05) is 12.4 Å².